The Kier molecular flexibility index (Phi) is 3.97. The molecule has 0 saturated carbocycles. The first-order valence-electron chi connectivity index (χ1n) is 7.58. The van der Waals surface area contributed by atoms with Gasteiger partial charge in [0.05, 0.1) is 5.57 Å². The predicted octanol–water partition coefficient (Wildman–Crippen LogP) is 2.97. The van der Waals surface area contributed by atoms with Gasteiger partial charge in [-0.2, -0.15) is 5.26 Å². The van der Waals surface area contributed by atoms with Gasteiger partial charge in [-0.15, -0.1) is 0 Å². The number of nitriles is 1. The van der Waals surface area contributed by atoms with Crippen molar-refractivity contribution >= 4 is 5.78 Å². The molecule has 1 unspecified atom stereocenters. The third kappa shape index (κ3) is 2.62. The Morgan fingerprint density at radius 1 is 1.27 bits per heavy atom. The van der Waals surface area contributed by atoms with Gasteiger partial charge in [-0.25, -0.2) is 0 Å². The zero-order valence-corrected chi connectivity index (χ0v) is 12.3. The minimum Gasteiger partial charge on any atom is -0.444 e. The summed E-state index contributed by atoms with van der Waals surface area (Å²) >= 11 is 0. The van der Waals surface area contributed by atoms with Crippen molar-refractivity contribution in [2.45, 2.75) is 32.1 Å². The fourth-order valence-electron chi connectivity index (χ4n) is 3.21. The van der Waals surface area contributed by atoms with Gasteiger partial charge in [0, 0.05) is 24.3 Å². The highest BCUT2D eigenvalue weighted by molar-refractivity contribution is 5.98. The Labute approximate surface area is 129 Å². The first kappa shape index (κ1) is 14.4. The SMILES string of the molecule is N#CC1=C(N)OC2=C(C(=O)CCC2)C1CCc1ccccc1. The Balaban J connectivity index is 1.89. The minimum atomic E-state index is -0.234. The van der Waals surface area contributed by atoms with Crippen LogP contribution in [0.15, 0.2) is 53.1 Å². The van der Waals surface area contributed by atoms with E-state index in [0.717, 1.165) is 19.3 Å². The van der Waals surface area contributed by atoms with E-state index >= 15 is 0 Å². The van der Waals surface area contributed by atoms with Gasteiger partial charge in [0.25, 0.3) is 0 Å². The van der Waals surface area contributed by atoms with E-state index < -0.39 is 0 Å². The largest absolute Gasteiger partial charge is 0.444 e. The second-order valence-corrected chi connectivity index (χ2v) is 5.68. The first-order valence-corrected chi connectivity index (χ1v) is 7.58. The standard InChI is InChI=1S/C18H18N2O2/c19-11-14-13(10-9-12-5-2-1-3-6-12)17-15(21)7-4-8-16(17)22-18(14)20/h1-3,5-6,13H,4,7-10,20H2. The van der Waals surface area contributed by atoms with Gasteiger partial charge in [-0.05, 0) is 24.8 Å². The number of ether oxygens (including phenoxy) is 1. The first-order chi connectivity index (χ1) is 10.7. The lowest BCUT2D eigenvalue weighted by molar-refractivity contribution is -0.117. The van der Waals surface area contributed by atoms with Crippen LogP contribution in [0.3, 0.4) is 0 Å². The fourth-order valence-corrected chi connectivity index (χ4v) is 3.21. The quantitative estimate of drug-likeness (QED) is 0.929. The number of hydrogen-bond acceptors (Lipinski definition) is 4. The van der Waals surface area contributed by atoms with Crippen molar-refractivity contribution in [2.24, 2.45) is 11.7 Å². The van der Waals surface area contributed by atoms with Crippen molar-refractivity contribution in [1.82, 2.24) is 0 Å². The van der Waals surface area contributed by atoms with Crippen LogP contribution in [0.2, 0.25) is 0 Å². The Morgan fingerprint density at radius 2 is 2.05 bits per heavy atom. The number of hydrogen-bond donors (Lipinski definition) is 1. The van der Waals surface area contributed by atoms with Crippen LogP contribution in [0.25, 0.3) is 0 Å². The van der Waals surface area contributed by atoms with Crippen molar-refractivity contribution in [3.63, 3.8) is 0 Å². The van der Waals surface area contributed by atoms with Crippen LogP contribution in [0.4, 0.5) is 0 Å². The summed E-state index contributed by atoms with van der Waals surface area (Å²) < 4.78 is 5.54. The molecular formula is C18H18N2O2. The van der Waals surface area contributed by atoms with Crippen LogP contribution in [0.1, 0.15) is 31.2 Å². The third-order valence-corrected chi connectivity index (χ3v) is 4.29. The number of rotatable bonds is 3. The summed E-state index contributed by atoms with van der Waals surface area (Å²) in [6.07, 6.45) is 3.54. The molecule has 0 spiro atoms. The lowest BCUT2D eigenvalue weighted by Gasteiger charge is -2.30. The zero-order chi connectivity index (χ0) is 15.5. The van der Waals surface area contributed by atoms with Gasteiger partial charge in [0.1, 0.15) is 11.8 Å². The number of allylic oxidation sites excluding steroid dienone is 3. The van der Waals surface area contributed by atoms with Crippen molar-refractivity contribution in [1.29, 1.82) is 5.26 Å². The minimum absolute atomic E-state index is 0.0968. The number of carbonyl (C=O) groups excluding carboxylic acids is 1. The van der Waals surface area contributed by atoms with Crippen LogP contribution in [0.5, 0.6) is 0 Å². The van der Waals surface area contributed by atoms with Crippen molar-refractivity contribution < 1.29 is 9.53 Å². The molecular weight excluding hydrogens is 276 g/mol. The summed E-state index contributed by atoms with van der Waals surface area (Å²) in [6.45, 7) is 0. The number of nitrogens with zero attached hydrogens (tertiary/aromatic N) is 1. The molecule has 0 saturated heterocycles. The Bertz CT molecular complexity index is 696. The smallest absolute Gasteiger partial charge is 0.204 e. The molecule has 0 amide bonds. The molecule has 1 aliphatic carbocycles. The van der Waals surface area contributed by atoms with E-state index in [4.69, 9.17) is 10.5 Å². The maximum Gasteiger partial charge on any atom is 0.204 e. The second kappa shape index (κ2) is 6.07. The number of benzene rings is 1. The number of carbonyl (C=O) groups is 1. The molecule has 3 rings (SSSR count). The number of aryl methyl sites for hydroxylation is 1. The highest BCUT2D eigenvalue weighted by Crippen LogP contribution is 2.39. The number of Topliss-reactive ketones (excluding diaryl/α,β-unsaturated/α-hetero) is 1. The summed E-state index contributed by atoms with van der Waals surface area (Å²) in [5.74, 6) is 0.696. The van der Waals surface area contributed by atoms with Crippen LogP contribution in [-0.4, -0.2) is 5.78 Å². The Hall–Kier alpha value is -2.54. The second-order valence-electron chi connectivity index (χ2n) is 5.68. The molecule has 112 valence electrons. The number of nitrogens with two attached hydrogens (primary N) is 1. The molecule has 0 fully saturated rings. The van der Waals surface area contributed by atoms with Crippen LogP contribution in [-0.2, 0) is 16.0 Å². The highest BCUT2D eigenvalue weighted by atomic mass is 16.5. The summed E-state index contributed by atoms with van der Waals surface area (Å²) in [5, 5.41) is 9.40. The number of ketones is 1. The maximum atomic E-state index is 12.3. The van der Waals surface area contributed by atoms with Gasteiger partial charge in [-0.3, -0.25) is 4.79 Å². The van der Waals surface area contributed by atoms with E-state index in [1.54, 1.807) is 0 Å². The van der Waals surface area contributed by atoms with Crippen LogP contribution < -0.4 is 5.73 Å². The van der Waals surface area contributed by atoms with Gasteiger partial charge < -0.3 is 10.5 Å². The molecule has 1 atom stereocenters. The topological polar surface area (TPSA) is 76.1 Å². The maximum absolute atomic E-state index is 12.3. The van der Waals surface area contributed by atoms with E-state index in [-0.39, 0.29) is 17.6 Å². The lowest BCUT2D eigenvalue weighted by atomic mass is 9.78. The average Bonchev–Trinajstić information content (AvgIpc) is 2.53. The predicted molar refractivity (Wildman–Crippen MR) is 82.0 cm³/mol. The van der Waals surface area contributed by atoms with Crippen molar-refractivity contribution in [3.8, 4) is 6.07 Å². The Morgan fingerprint density at radius 3 is 2.77 bits per heavy atom. The summed E-state index contributed by atoms with van der Waals surface area (Å²) in [7, 11) is 0. The van der Waals surface area contributed by atoms with E-state index in [9.17, 15) is 10.1 Å². The molecule has 1 heterocycles. The fraction of sp³-hybridized carbons (Fsp3) is 0.333. The summed E-state index contributed by atoms with van der Waals surface area (Å²) in [6, 6.07) is 12.2. The molecule has 4 nitrogen and oxygen atoms in total. The van der Waals surface area contributed by atoms with Crippen LogP contribution in [0, 0.1) is 17.2 Å². The molecule has 0 radical (unpaired) electrons. The van der Waals surface area contributed by atoms with Gasteiger partial charge >= 0.3 is 0 Å². The molecule has 2 aliphatic rings. The van der Waals surface area contributed by atoms with E-state index in [1.165, 1.54) is 5.56 Å². The lowest BCUT2D eigenvalue weighted by Crippen LogP contribution is -2.28. The molecule has 0 aromatic heterocycles. The van der Waals surface area contributed by atoms with E-state index in [1.807, 2.05) is 18.2 Å². The molecule has 22 heavy (non-hydrogen) atoms. The van der Waals surface area contributed by atoms with Gasteiger partial charge in [0.2, 0.25) is 5.88 Å². The average molecular weight is 294 g/mol. The summed E-state index contributed by atoms with van der Waals surface area (Å²) in [4.78, 5) is 12.3. The third-order valence-electron chi connectivity index (χ3n) is 4.29. The van der Waals surface area contributed by atoms with Gasteiger partial charge in [-0.1, -0.05) is 30.3 Å². The molecule has 1 aliphatic heterocycles. The zero-order valence-electron chi connectivity index (χ0n) is 12.3. The monoisotopic (exact) mass is 294 g/mol. The molecule has 4 heteroatoms. The van der Waals surface area contributed by atoms with Crippen molar-refractivity contribution in [2.75, 3.05) is 0 Å². The highest BCUT2D eigenvalue weighted by Gasteiger charge is 2.36. The van der Waals surface area contributed by atoms with Crippen molar-refractivity contribution in [3.05, 3.63) is 58.7 Å². The van der Waals surface area contributed by atoms with E-state index in [2.05, 4.69) is 18.2 Å². The molecule has 0 bridgehead atoms. The van der Waals surface area contributed by atoms with Gasteiger partial charge in [0.15, 0.2) is 5.78 Å². The van der Waals surface area contributed by atoms with E-state index in [0.29, 0.717) is 29.7 Å². The molecule has 1 aromatic rings. The summed E-state index contributed by atoms with van der Waals surface area (Å²) in [5.41, 5.74) is 8.15. The molecule has 1 aromatic carbocycles. The molecule has 2 N–H and O–H groups in total. The van der Waals surface area contributed by atoms with Crippen LogP contribution >= 0.6 is 0 Å². The normalized spacial score (nSPS) is 21.2.